The van der Waals surface area contributed by atoms with Crippen LogP contribution in [0.5, 0.6) is 5.75 Å². The minimum Gasteiger partial charge on any atom is -0.508 e. The van der Waals surface area contributed by atoms with Gasteiger partial charge in [-0.25, -0.2) is 4.98 Å². The van der Waals surface area contributed by atoms with Gasteiger partial charge in [0, 0.05) is 17.3 Å². The number of aromatic amines is 1. The number of anilines is 3. The number of benzene rings is 2. The van der Waals surface area contributed by atoms with Crippen LogP contribution in [-0.2, 0) is 0 Å². The smallest absolute Gasteiger partial charge is 0.153 e. The third-order valence-electron chi connectivity index (χ3n) is 4.16. The zero-order valence-electron chi connectivity index (χ0n) is 13.6. The number of H-pyrrole nitrogens is 1. The SMILES string of the molecule is Cc1cc(O)ccc1Nc1cc(-c2ccc3[nH]nc(N)c3c2)ccn1. The topological polar surface area (TPSA) is 99.8 Å². The van der Waals surface area contributed by atoms with Crippen LogP contribution in [0, 0.1) is 6.92 Å². The average molecular weight is 331 g/mol. The lowest BCUT2D eigenvalue weighted by Gasteiger charge is -2.10. The largest absolute Gasteiger partial charge is 0.508 e. The first-order valence-corrected chi connectivity index (χ1v) is 7.87. The fourth-order valence-corrected chi connectivity index (χ4v) is 2.82. The van der Waals surface area contributed by atoms with Gasteiger partial charge in [-0.3, -0.25) is 5.10 Å². The number of aryl methyl sites for hydroxylation is 1. The molecule has 6 nitrogen and oxygen atoms in total. The summed E-state index contributed by atoms with van der Waals surface area (Å²) in [5.74, 6) is 1.46. The normalized spacial score (nSPS) is 10.9. The summed E-state index contributed by atoms with van der Waals surface area (Å²) in [6.45, 7) is 1.93. The molecule has 5 N–H and O–H groups in total. The molecule has 0 aliphatic heterocycles. The van der Waals surface area contributed by atoms with Crippen LogP contribution in [0.1, 0.15) is 5.56 Å². The van der Waals surface area contributed by atoms with E-state index in [2.05, 4.69) is 20.5 Å². The van der Waals surface area contributed by atoms with Crippen molar-refractivity contribution in [1.82, 2.24) is 15.2 Å². The zero-order chi connectivity index (χ0) is 17.4. The molecular weight excluding hydrogens is 314 g/mol. The van der Waals surface area contributed by atoms with Crippen LogP contribution < -0.4 is 11.1 Å². The molecule has 4 rings (SSSR count). The Labute approximate surface area is 144 Å². The van der Waals surface area contributed by atoms with Crippen LogP contribution in [0.2, 0.25) is 0 Å². The van der Waals surface area contributed by atoms with Crippen molar-refractivity contribution in [2.24, 2.45) is 0 Å². The molecule has 2 aromatic heterocycles. The van der Waals surface area contributed by atoms with Crippen molar-refractivity contribution >= 4 is 28.2 Å². The third kappa shape index (κ3) is 2.85. The summed E-state index contributed by atoms with van der Waals surface area (Å²) in [6, 6.07) is 15.1. The molecule has 25 heavy (non-hydrogen) atoms. The van der Waals surface area contributed by atoms with Crippen molar-refractivity contribution in [3.8, 4) is 16.9 Å². The summed E-state index contributed by atoms with van der Waals surface area (Å²) in [5.41, 5.74) is 10.7. The van der Waals surface area contributed by atoms with Crippen LogP contribution in [-0.4, -0.2) is 20.3 Å². The molecule has 124 valence electrons. The standard InChI is InChI=1S/C19H17N5O/c1-11-8-14(25)3-5-16(11)22-18-10-13(6-7-21-18)12-2-4-17-15(9-12)19(20)24-23-17/h2-10,25H,1H3,(H,21,22)(H3,20,23,24). The Morgan fingerprint density at radius 1 is 1.04 bits per heavy atom. The van der Waals surface area contributed by atoms with E-state index in [4.69, 9.17) is 5.73 Å². The maximum Gasteiger partial charge on any atom is 0.153 e. The van der Waals surface area contributed by atoms with Crippen molar-refractivity contribution < 1.29 is 5.11 Å². The van der Waals surface area contributed by atoms with Gasteiger partial charge in [0.2, 0.25) is 0 Å². The maximum absolute atomic E-state index is 9.53. The summed E-state index contributed by atoms with van der Waals surface area (Å²) in [7, 11) is 0. The predicted octanol–water partition coefficient (Wildman–Crippen LogP) is 3.96. The van der Waals surface area contributed by atoms with Crippen molar-refractivity contribution in [2.45, 2.75) is 6.92 Å². The lowest BCUT2D eigenvalue weighted by atomic mass is 10.0. The van der Waals surface area contributed by atoms with Gasteiger partial charge in [-0.05, 0) is 66.1 Å². The highest BCUT2D eigenvalue weighted by molar-refractivity contribution is 5.92. The Bertz CT molecular complexity index is 1070. The molecule has 0 saturated carbocycles. The second-order valence-corrected chi connectivity index (χ2v) is 5.92. The second kappa shape index (κ2) is 5.83. The summed E-state index contributed by atoms with van der Waals surface area (Å²) in [6.07, 6.45) is 1.76. The molecule has 6 heteroatoms. The molecule has 0 amide bonds. The lowest BCUT2D eigenvalue weighted by Crippen LogP contribution is -1.95. The Hall–Kier alpha value is -3.54. The van der Waals surface area contributed by atoms with E-state index in [0.29, 0.717) is 5.82 Å². The van der Waals surface area contributed by atoms with E-state index < -0.39 is 0 Å². The van der Waals surface area contributed by atoms with Crippen molar-refractivity contribution in [1.29, 1.82) is 0 Å². The zero-order valence-corrected chi connectivity index (χ0v) is 13.6. The number of nitrogens with zero attached hydrogens (tertiary/aromatic N) is 2. The summed E-state index contributed by atoms with van der Waals surface area (Å²) in [4.78, 5) is 4.38. The van der Waals surface area contributed by atoms with Crippen LogP contribution in [0.25, 0.3) is 22.0 Å². The minimum atomic E-state index is 0.246. The molecule has 0 radical (unpaired) electrons. The molecule has 0 aliphatic rings. The van der Waals surface area contributed by atoms with E-state index in [9.17, 15) is 5.11 Å². The van der Waals surface area contributed by atoms with Crippen LogP contribution in [0.15, 0.2) is 54.7 Å². The van der Waals surface area contributed by atoms with Gasteiger partial charge in [-0.2, -0.15) is 5.10 Å². The van der Waals surface area contributed by atoms with E-state index in [1.165, 1.54) is 0 Å². The van der Waals surface area contributed by atoms with Gasteiger partial charge in [0.15, 0.2) is 5.82 Å². The number of rotatable bonds is 3. The molecule has 0 atom stereocenters. The van der Waals surface area contributed by atoms with Gasteiger partial charge in [0.1, 0.15) is 11.6 Å². The number of fused-ring (bicyclic) bond motifs is 1. The first-order valence-electron chi connectivity index (χ1n) is 7.87. The molecule has 0 saturated heterocycles. The molecule has 0 bridgehead atoms. The number of phenolic OH excluding ortho intramolecular Hbond substituents is 1. The molecule has 0 unspecified atom stereocenters. The van der Waals surface area contributed by atoms with Gasteiger partial charge in [0.25, 0.3) is 0 Å². The number of nitrogens with one attached hydrogen (secondary N) is 2. The molecule has 2 heterocycles. The average Bonchev–Trinajstić information content (AvgIpc) is 2.98. The quantitative estimate of drug-likeness (QED) is 0.426. The van der Waals surface area contributed by atoms with Gasteiger partial charge in [-0.15, -0.1) is 0 Å². The van der Waals surface area contributed by atoms with Gasteiger partial charge in [-0.1, -0.05) is 6.07 Å². The highest BCUT2D eigenvalue weighted by Crippen LogP contribution is 2.29. The van der Waals surface area contributed by atoms with E-state index in [-0.39, 0.29) is 5.75 Å². The summed E-state index contributed by atoms with van der Waals surface area (Å²) >= 11 is 0. The number of hydrogen-bond donors (Lipinski definition) is 4. The Kier molecular flexibility index (Phi) is 3.50. The Morgan fingerprint density at radius 2 is 1.88 bits per heavy atom. The number of aromatic nitrogens is 3. The fraction of sp³-hybridized carbons (Fsp3) is 0.0526. The third-order valence-corrected chi connectivity index (χ3v) is 4.16. The van der Waals surface area contributed by atoms with Crippen molar-refractivity contribution in [2.75, 3.05) is 11.1 Å². The highest BCUT2D eigenvalue weighted by Gasteiger charge is 2.07. The monoisotopic (exact) mass is 331 g/mol. The number of nitrogens with two attached hydrogens (primary N) is 1. The van der Waals surface area contributed by atoms with Gasteiger partial charge >= 0.3 is 0 Å². The molecule has 0 aliphatic carbocycles. The number of pyridine rings is 1. The van der Waals surface area contributed by atoms with Crippen LogP contribution >= 0.6 is 0 Å². The van der Waals surface area contributed by atoms with Crippen molar-refractivity contribution in [3.63, 3.8) is 0 Å². The number of hydrogen-bond acceptors (Lipinski definition) is 5. The lowest BCUT2D eigenvalue weighted by molar-refractivity contribution is 0.475. The summed E-state index contributed by atoms with van der Waals surface area (Å²) < 4.78 is 0. The molecule has 4 aromatic rings. The molecular formula is C19H17N5O. The second-order valence-electron chi connectivity index (χ2n) is 5.92. The first kappa shape index (κ1) is 15.0. The first-order chi connectivity index (χ1) is 12.1. The predicted molar refractivity (Wildman–Crippen MR) is 99.9 cm³/mol. The molecule has 2 aromatic carbocycles. The minimum absolute atomic E-state index is 0.246. The van der Waals surface area contributed by atoms with Crippen LogP contribution in [0.3, 0.4) is 0 Å². The molecule has 0 spiro atoms. The van der Waals surface area contributed by atoms with E-state index in [1.54, 1.807) is 18.3 Å². The van der Waals surface area contributed by atoms with Crippen molar-refractivity contribution in [3.05, 3.63) is 60.3 Å². The Morgan fingerprint density at radius 3 is 2.72 bits per heavy atom. The van der Waals surface area contributed by atoms with E-state index >= 15 is 0 Å². The van der Waals surface area contributed by atoms with E-state index in [1.807, 2.05) is 43.3 Å². The fourth-order valence-electron chi connectivity index (χ4n) is 2.82. The highest BCUT2D eigenvalue weighted by atomic mass is 16.3. The number of aromatic hydroxyl groups is 1. The maximum atomic E-state index is 9.53. The van der Waals surface area contributed by atoms with Gasteiger partial charge in [0.05, 0.1) is 5.52 Å². The van der Waals surface area contributed by atoms with Crippen LogP contribution in [0.4, 0.5) is 17.3 Å². The number of phenols is 1. The summed E-state index contributed by atoms with van der Waals surface area (Å²) in [5, 5.41) is 20.6. The van der Waals surface area contributed by atoms with Gasteiger partial charge < -0.3 is 16.2 Å². The number of nitrogen functional groups attached to an aromatic ring is 1. The van der Waals surface area contributed by atoms with E-state index in [0.717, 1.165) is 39.1 Å². The Balaban J connectivity index is 1.69. The molecule has 0 fully saturated rings.